The van der Waals surface area contributed by atoms with Crippen LogP contribution in [0, 0.1) is 10.1 Å². The maximum absolute atomic E-state index is 12.9. The number of ketones is 1. The number of hydrogen-bond donors (Lipinski definition) is 0. The first-order valence-corrected chi connectivity index (χ1v) is 8.02. The van der Waals surface area contributed by atoms with Crippen molar-refractivity contribution in [3.8, 4) is 0 Å². The number of carbonyl (C=O) groups excluding carboxylic acids is 1. The van der Waals surface area contributed by atoms with Gasteiger partial charge < -0.3 is 0 Å². The van der Waals surface area contributed by atoms with Crippen LogP contribution in [0.1, 0.15) is 15.9 Å². The number of rotatable bonds is 5. The Bertz CT molecular complexity index is 999. The van der Waals surface area contributed by atoms with Crippen LogP contribution in [0.4, 0.5) is 5.69 Å². The van der Waals surface area contributed by atoms with E-state index in [4.69, 9.17) is 23.2 Å². The predicted molar refractivity (Wildman–Crippen MR) is 98.1 cm³/mol. The van der Waals surface area contributed by atoms with Gasteiger partial charge in [-0.3, -0.25) is 14.9 Å². The number of allylic oxidation sites excluding steroid dienone is 1. The molecule has 0 spiro atoms. The third kappa shape index (κ3) is 3.79. The molecule has 2 aromatic carbocycles. The molecule has 0 aliphatic rings. The fraction of sp³-hybridized carbons (Fsp3) is 0. The van der Waals surface area contributed by atoms with Crippen LogP contribution in [0.15, 0.2) is 55.1 Å². The molecule has 0 bridgehead atoms. The Hall–Kier alpha value is -3.03. The van der Waals surface area contributed by atoms with E-state index in [9.17, 15) is 14.9 Å². The number of nitrogens with zero attached hydrogens (tertiary/aromatic N) is 4. The Morgan fingerprint density at radius 1 is 1.15 bits per heavy atom. The summed E-state index contributed by atoms with van der Waals surface area (Å²) in [6, 6.07) is 10.2. The molecule has 0 radical (unpaired) electrons. The van der Waals surface area contributed by atoms with E-state index in [1.807, 2.05) is 0 Å². The summed E-state index contributed by atoms with van der Waals surface area (Å²) in [5, 5.41) is 15.6. The number of nitro groups is 1. The van der Waals surface area contributed by atoms with Gasteiger partial charge in [0.2, 0.25) is 5.78 Å². The van der Waals surface area contributed by atoms with Crippen LogP contribution in [-0.2, 0) is 0 Å². The minimum Gasteiger partial charge on any atom is -0.287 e. The first kappa shape index (κ1) is 17.8. The van der Waals surface area contributed by atoms with Crippen molar-refractivity contribution in [1.82, 2.24) is 14.8 Å². The molecule has 0 N–H and O–H groups in total. The van der Waals surface area contributed by atoms with E-state index in [0.29, 0.717) is 15.6 Å². The number of hydrogen-bond acceptors (Lipinski definition) is 5. The second-order valence-corrected chi connectivity index (χ2v) is 6.01. The molecule has 0 fully saturated rings. The molecule has 0 saturated carbocycles. The average Bonchev–Trinajstić information content (AvgIpc) is 3.15. The lowest BCUT2D eigenvalue weighted by atomic mass is 10.1. The Morgan fingerprint density at radius 2 is 1.88 bits per heavy atom. The smallest absolute Gasteiger partial charge is 0.269 e. The molecule has 0 saturated heterocycles. The van der Waals surface area contributed by atoms with Gasteiger partial charge in [-0.25, -0.2) is 9.67 Å². The summed E-state index contributed by atoms with van der Waals surface area (Å²) < 4.78 is 1.30. The summed E-state index contributed by atoms with van der Waals surface area (Å²) in [5.74, 6) is -0.392. The van der Waals surface area contributed by atoms with E-state index in [1.165, 1.54) is 41.6 Å². The standard InChI is InChI=1S/C17H10Cl2N4O3/c18-13-4-1-12(15(19)8-13)7-16(22-10-20-9-21-22)17(24)11-2-5-14(6-3-11)23(25)26/h1-10H/b16-7+. The van der Waals surface area contributed by atoms with E-state index in [-0.39, 0.29) is 16.9 Å². The maximum atomic E-state index is 12.9. The van der Waals surface area contributed by atoms with E-state index in [2.05, 4.69) is 10.1 Å². The first-order valence-electron chi connectivity index (χ1n) is 7.26. The van der Waals surface area contributed by atoms with Crippen molar-refractivity contribution < 1.29 is 9.72 Å². The number of aromatic nitrogens is 3. The van der Waals surface area contributed by atoms with Gasteiger partial charge in [0.25, 0.3) is 5.69 Å². The summed E-state index contributed by atoms with van der Waals surface area (Å²) in [5.41, 5.74) is 0.911. The molecule has 0 aliphatic carbocycles. The predicted octanol–water partition coefficient (Wildman–Crippen LogP) is 4.37. The molecule has 3 rings (SSSR count). The number of halogens is 2. The number of benzene rings is 2. The summed E-state index contributed by atoms with van der Waals surface area (Å²) >= 11 is 12.1. The highest BCUT2D eigenvalue weighted by molar-refractivity contribution is 6.36. The van der Waals surface area contributed by atoms with Gasteiger partial charge in [-0.05, 0) is 35.9 Å². The molecule has 9 heteroatoms. The largest absolute Gasteiger partial charge is 0.287 e. The van der Waals surface area contributed by atoms with Gasteiger partial charge >= 0.3 is 0 Å². The SMILES string of the molecule is O=C(/C(=C\c1ccc(Cl)cc1Cl)n1cncn1)c1ccc([N+](=O)[O-])cc1. The zero-order chi connectivity index (χ0) is 18.7. The minimum atomic E-state index is -0.532. The second kappa shape index (κ2) is 7.47. The van der Waals surface area contributed by atoms with E-state index in [0.717, 1.165) is 0 Å². The number of nitro benzene ring substituents is 1. The minimum absolute atomic E-state index is 0.103. The lowest BCUT2D eigenvalue weighted by Gasteiger charge is -2.08. The van der Waals surface area contributed by atoms with Gasteiger partial charge in [0.05, 0.1) is 4.92 Å². The van der Waals surface area contributed by atoms with Crippen molar-refractivity contribution in [2.75, 3.05) is 0 Å². The quantitative estimate of drug-likeness (QED) is 0.280. The molecule has 130 valence electrons. The monoisotopic (exact) mass is 388 g/mol. The molecule has 3 aromatic rings. The van der Waals surface area contributed by atoms with Crippen LogP contribution in [-0.4, -0.2) is 25.5 Å². The summed E-state index contributed by atoms with van der Waals surface area (Å²) in [6.07, 6.45) is 4.22. The molecule has 0 aliphatic heterocycles. The Labute approximate surface area is 157 Å². The normalized spacial score (nSPS) is 11.4. The van der Waals surface area contributed by atoms with Crippen molar-refractivity contribution in [1.29, 1.82) is 0 Å². The number of carbonyl (C=O) groups is 1. The van der Waals surface area contributed by atoms with Crippen molar-refractivity contribution in [2.45, 2.75) is 0 Å². The Kier molecular flexibility index (Phi) is 5.11. The Morgan fingerprint density at radius 3 is 2.46 bits per heavy atom. The van der Waals surface area contributed by atoms with Gasteiger partial charge in [-0.2, -0.15) is 5.10 Å². The van der Waals surface area contributed by atoms with Crippen LogP contribution in [0.3, 0.4) is 0 Å². The molecule has 0 amide bonds. The topological polar surface area (TPSA) is 90.9 Å². The number of non-ortho nitro benzene ring substituents is 1. The van der Waals surface area contributed by atoms with Crippen molar-refractivity contribution in [3.63, 3.8) is 0 Å². The van der Waals surface area contributed by atoms with Crippen molar-refractivity contribution >= 4 is 46.4 Å². The zero-order valence-corrected chi connectivity index (χ0v) is 14.6. The van der Waals surface area contributed by atoms with Crippen LogP contribution in [0.5, 0.6) is 0 Å². The third-order valence-corrected chi connectivity index (χ3v) is 4.06. The van der Waals surface area contributed by atoms with Crippen molar-refractivity contribution in [2.24, 2.45) is 0 Å². The fourth-order valence-corrected chi connectivity index (χ4v) is 2.68. The summed E-state index contributed by atoms with van der Waals surface area (Å²) in [4.78, 5) is 27.0. The molecule has 26 heavy (non-hydrogen) atoms. The molecule has 1 aromatic heterocycles. The highest BCUT2D eigenvalue weighted by Crippen LogP contribution is 2.25. The van der Waals surface area contributed by atoms with E-state index < -0.39 is 10.7 Å². The zero-order valence-electron chi connectivity index (χ0n) is 13.0. The lowest BCUT2D eigenvalue weighted by Crippen LogP contribution is -2.10. The van der Waals surface area contributed by atoms with Crippen molar-refractivity contribution in [3.05, 3.63) is 86.4 Å². The molecule has 0 atom stereocenters. The van der Waals surface area contributed by atoms with Crippen LogP contribution in [0.2, 0.25) is 10.0 Å². The van der Waals surface area contributed by atoms with E-state index >= 15 is 0 Å². The van der Waals surface area contributed by atoms with Crippen LogP contribution < -0.4 is 0 Å². The molecule has 1 heterocycles. The molecular weight excluding hydrogens is 379 g/mol. The van der Waals surface area contributed by atoms with Crippen LogP contribution in [0.25, 0.3) is 11.8 Å². The fourth-order valence-electron chi connectivity index (χ4n) is 2.22. The second-order valence-electron chi connectivity index (χ2n) is 5.17. The third-order valence-electron chi connectivity index (χ3n) is 3.49. The highest BCUT2D eigenvalue weighted by Gasteiger charge is 2.17. The van der Waals surface area contributed by atoms with Gasteiger partial charge in [-0.15, -0.1) is 0 Å². The maximum Gasteiger partial charge on any atom is 0.269 e. The van der Waals surface area contributed by atoms with Crippen LogP contribution >= 0.6 is 23.2 Å². The van der Waals surface area contributed by atoms with Gasteiger partial charge in [0, 0.05) is 27.7 Å². The molecule has 0 unspecified atom stereocenters. The van der Waals surface area contributed by atoms with Gasteiger partial charge in [0.15, 0.2) is 0 Å². The summed E-state index contributed by atoms with van der Waals surface area (Å²) in [7, 11) is 0. The molecular formula is C17H10Cl2N4O3. The first-order chi connectivity index (χ1) is 12.5. The van der Waals surface area contributed by atoms with Gasteiger partial charge in [0.1, 0.15) is 18.4 Å². The van der Waals surface area contributed by atoms with Gasteiger partial charge in [-0.1, -0.05) is 29.3 Å². The Balaban J connectivity index is 2.05. The average molecular weight is 389 g/mol. The van der Waals surface area contributed by atoms with E-state index in [1.54, 1.807) is 24.3 Å². The lowest BCUT2D eigenvalue weighted by molar-refractivity contribution is -0.384. The summed E-state index contributed by atoms with van der Waals surface area (Å²) in [6.45, 7) is 0. The number of Topliss-reactive ketones (excluding diaryl/α,β-unsaturated/α-hetero) is 1. The highest BCUT2D eigenvalue weighted by atomic mass is 35.5. The molecule has 7 nitrogen and oxygen atoms in total.